The second kappa shape index (κ2) is 3.35. The zero-order valence-electron chi connectivity index (χ0n) is 7.24. The van der Waals surface area contributed by atoms with Gasteiger partial charge in [-0.05, 0) is 18.1 Å². The minimum absolute atomic E-state index is 0.0694. The van der Waals surface area contributed by atoms with E-state index in [4.69, 9.17) is 15.9 Å². The molecule has 0 bridgehead atoms. The average Bonchev–Trinajstić information content (AvgIpc) is 2.02. The Hall–Kier alpha value is -1.71. The molecule has 0 fully saturated rings. The van der Waals surface area contributed by atoms with Crippen LogP contribution in [0.3, 0.4) is 0 Å². The molecule has 13 heavy (non-hydrogen) atoms. The molecule has 0 aliphatic rings. The van der Waals surface area contributed by atoms with Crippen molar-refractivity contribution in [1.29, 1.82) is 0 Å². The van der Waals surface area contributed by atoms with Crippen molar-refractivity contribution >= 4 is 11.7 Å². The van der Waals surface area contributed by atoms with Crippen molar-refractivity contribution in [2.24, 2.45) is 0 Å². The minimum atomic E-state index is -1.07. The standard InChI is InChI=1S/C9H11NO3/c1-2-6-7(9(12)13)3-5(11)4-8(6)10/h3-4,11H,2,10H2,1H3,(H,12,13). The van der Waals surface area contributed by atoms with Crippen LogP contribution in [0.5, 0.6) is 5.75 Å². The molecule has 0 heterocycles. The summed E-state index contributed by atoms with van der Waals surface area (Å²) in [6.07, 6.45) is 0.535. The molecule has 4 nitrogen and oxygen atoms in total. The van der Waals surface area contributed by atoms with Gasteiger partial charge in [-0.3, -0.25) is 0 Å². The van der Waals surface area contributed by atoms with Crippen molar-refractivity contribution in [3.63, 3.8) is 0 Å². The van der Waals surface area contributed by atoms with Gasteiger partial charge < -0.3 is 15.9 Å². The third kappa shape index (κ3) is 1.72. The van der Waals surface area contributed by atoms with Crippen molar-refractivity contribution in [3.05, 3.63) is 23.3 Å². The van der Waals surface area contributed by atoms with Crippen molar-refractivity contribution < 1.29 is 15.0 Å². The summed E-state index contributed by atoms with van der Waals surface area (Å²) in [7, 11) is 0. The summed E-state index contributed by atoms with van der Waals surface area (Å²) in [5.41, 5.74) is 6.50. The van der Waals surface area contributed by atoms with Crippen LogP contribution < -0.4 is 5.73 Å². The number of benzene rings is 1. The highest BCUT2D eigenvalue weighted by Gasteiger charge is 2.12. The number of aromatic hydroxyl groups is 1. The van der Waals surface area contributed by atoms with Crippen LogP contribution in [0.1, 0.15) is 22.8 Å². The Kier molecular flexibility index (Phi) is 2.41. The number of carbonyl (C=O) groups is 1. The Bertz CT molecular complexity index is 347. The van der Waals surface area contributed by atoms with E-state index < -0.39 is 5.97 Å². The molecular formula is C9H11NO3. The molecule has 0 amide bonds. The first kappa shape index (κ1) is 9.38. The molecule has 0 aliphatic heterocycles. The fourth-order valence-corrected chi connectivity index (χ4v) is 1.26. The molecule has 0 radical (unpaired) electrons. The fourth-order valence-electron chi connectivity index (χ4n) is 1.26. The highest BCUT2D eigenvalue weighted by Crippen LogP contribution is 2.24. The quantitative estimate of drug-likeness (QED) is 0.599. The first-order valence-corrected chi connectivity index (χ1v) is 3.91. The molecule has 0 unspecified atom stereocenters. The van der Waals surface area contributed by atoms with E-state index in [2.05, 4.69) is 0 Å². The third-order valence-corrected chi connectivity index (χ3v) is 1.85. The lowest BCUT2D eigenvalue weighted by atomic mass is 10.0. The fraction of sp³-hybridized carbons (Fsp3) is 0.222. The van der Waals surface area contributed by atoms with Crippen LogP contribution in [0, 0.1) is 0 Å². The number of phenols is 1. The molecule has 1 aromatic rings. The number of hydrogen-bond acceptors (Lipinski definition) is 3. The zero-order chi connectivity index (χ0) is 10.0. The molecule has 4 heteroatoms. The molecule has 1 rings (SSSR count). The highest BCUT2D eigenvalue weighted by atomic mass is 16.4. The maximum absolute atomic E-state index is 10.7. The monoisotopic (exact) mass is 181 g/mol. The summed E-state index contributed by atoms with van der Waals surface area (Å²) in [5.74, 6) is -1.19. The van der Waals surface area contributed by atoms with Gasteiger partial charge in [0.15, 0.2) is 0 Å². The largest absolute Gasteiger partial charge is 0.508 e. The van der Waals surface area contributed by atoms with Crippen LogP contribution in [0.2, 0.25) is 0 Å². The molecule has 1 aromatic carbocycles. The Morgan fingerprint density at radius 3 is 2.62 bits per heavy atom. The molecule has 0 atom stereocenters. The lowest BCUT2D eigenvalue weighted by Gasteiger charge is -2.07. The maximum atomic E-state index is 10.7. The van der Waals surface area contributed by atoms with Crippen molar-refractivity contribution in [2.75, 3.05) is 5.73 Å². The predicted octanol–water partition coefficient (Wildman–Crippen LogP) is 1.24. The van der Waals surface area contributed by atoms with Gasteiger partial charge in [0.25, 0.3) is 0 Å². The molecule has 70 valence electrons. The van der Waals surface area contributed by atoms with E-state index >= 15 is 0 Å². The number of aromatic carboxylic acids is 1. The van der Waals surface area contributed by atoms with Gasteiger partial charge in [0.2, 0.25) is 0 Å². The number of hydrogen-bond donors (Lipinski definition) is 3. The summed E-state index contributed by atoms with van der Waals surface area (Å²) in [6.45, 7) is 1.81. The van der Waals surface area contributed by atoms with E-state index in [-0.39, 0.29) is 11.3 Å². The van der Waals surface area contributed by atoms with Crippen molar-refractivity contribution in [1.82, 2.24) is 0 Å². The summed E-state index contributed by atoms with van der Waals surface area (Å²) >= 11 is 0. The first-order valence-electron chi connectivity index (χ1n) is 3.91. The minimum Gasteiger partial charge on any atom is -0.508 e. The van der Waals surface area contributed by atoms with Gasteiger partial charge >= 0.3 is 5.97 Å². The molecular weight excluding hydrogens is 170 g/mol. The van der Waals surface area contributed by atoms with Crippen LogP contribution >= 0.6 is 0 Å². The number of nitrogen functional groups attached to an aromatic ring is 1. The Balaban J connectivity index is 3.38. The van der Waals surface area contributed by atoms with Crippen LogP contribution in [-0.4, -0.2) is 16.2 Å². The number of carboxylic acid groups (broad SMARTS) is 1. The number of phenolic OH excluding ortho intramolecular Hbond substituents is 1. The lowest BCUT2D eigenvalue weighted by Crippen LogP contribution is -2.04. The van der Waals surface area contributed by atoms with Gasteiger partial charge in [0.1, 0.15) is 5.75 Å². The van der Waals surface area contributed by atoms with Gasteiger partial charge in [-0.1, -0.05) is 6.92 Å². The van der Waals surface area contributed by atoms with Crippen molar-refractivity contribution in [2.45, 2.75) is 13.3 Å². The van der Waals surface area contributed by atoms with Gasteiger partial charge in [0, 0.05) is 11.8 Å². The second-order valence-electron chi connectivity index (χ2n) is 2.72. The maximum Gasteiger partial charge on any atom is 0.336 e. The van der Waals surface area contributed by atoms with E-state index in [1.807, 2.05) is 6.92 Å². The lowest BCUT2D eigenvalue weighted by molar-refractivity contribution is 0.0695. The number of carboxylic acids is 1. The Labute approximate surface area is 75.6 Å². The number of anilines is 1. The summed E-state index contributed by atoms with van der Waals surface area (Å²) in [6, 6.07) is 2.56. The number of nitrogens with two attached hydrogens (primary N) is 1. The smallest absolute Gasteiger partial charge is 0.336 e. The summed E-state index contributed by atoms with van der Waals surface area (Å²) in [4.78, 5) is 10.7. The van der Waals surface area contributed by atoms with Crippen LogP contribution in [0.25, 0.3) is 0 Å². The highest BCUT2D eigenvalue weighted by molar-refractivity contribution is 5.91. The van der Waals surface area contributed by atoms with Crippen LogP contribution in [0.4, 0.5) is 5.69 Å². The van der Waals surface area contributed by atoms with Crippen LogP contribution in [-0.2, 0) is 6.42 Å². The van der Waals surface area contributed by atoms with Crippen LogP contribution in [0.15, 0.2) is 12.1 Å². The third-order valence-electron chi connectivity index (χ3n) is 1.85. The second-order valence-corrected chi connectivity index (χ2v) is 2.72. The number of rotatable bonds is 2. The molecule has 4 N–H and O–H groups in total. The molecule has 0 aromatic heterocycles. The van der Waals surface area contributed by atoms with Gasteiger partial charge in [-0.15, -0.1) is 0 Å². The van der Waals surface area contributed by atoms with E-state index in [9.17, 15) is 4.79 Å². The molecule has 0 saturated heterocycles. The summed E-state index contributed by atoms with van der Waals surface area (Å²) in [5, 5.41) is 17.9. The molecule has 0 saturated carbocycles. The molecule has 0 aliphatic carbocycles. The van der Waals surface area contributed by atoms with E-state index in [1.165, 1.54) is 12.1 Å². The Morgan fingerprint density at radius 2 is 2.15 bits per heavy atom. The first-order chi connectivity index (χ1) is 6.06. The molecule has 0 spiro atoms. The average molecular weight is 181 g/mol. The van der Waals surface area contributed by atoms with E-state index in [0.29, 0.717) is 17.7 Å². The van der Waals surface area contributed by atoms with Gasteiger partial charge in [-0.2, -0.15) is 0 Å². The van der Waals surface area contributed by atoms with Gasteiger partial charge in [-0.25, -0.2) is 4.79 Å². The zero-order valence-corrected chi connectivity index (χ0v) is 7.24. The van der Waals surface area contributed by atoms with Crippen molar-refractivity contribution in [3.8, 4) is 5.75 Å². The van der Waals surface area contributed by atoms with Gasteiger partial charge in [0.05, 0.1) is 5.56 Å². The normalized spacial score (nSPS) is 9.92. The topological polar surface area (TPSA) is 83.5 Å². The van der Waals surface area contributed by atoms with E-state index in [0.717, 1.165) is 0 Å². The summed E-state index contributed by atoms with van der Waals surface area (Å²) < 4.78 is 0. The SMILES string of the molecule is CCc1c(N)cc(O)cc1C(=O)O. The Morgan fingerprint density at radius 1 is 1.54 bits per heavy atom. The van der Waals surface area contributed by atoms with E-state index in [1.54, 1.807) is 0 Å². The predicted molar refractivity (Wildman–Crippen MR) is 48.9 cm³/mol.